The molecule has 0 aromatic rings. The first-order valence-electron chi connectivity index (χ1n) is 13.9. The molecule has 5 fully saturated rings. The molecule has 3 unspecified atom stereocenters. The van der Waals surface area contributed by atoms with Crippen LogP contribution in [0.2, 0.25) is 0 Å². The van der Waals surface area contributed by atoms with Crippen LogP contribution in [0.3, 0.4) is 0 Å². The Bertz CT molecular complexity index is 922. The summed E-state index contributed by atoms with van der Waals surface area (Å²) >= 11 is 0. The molecule has 1 heterocycles. The van der Waals surface area contributed by atoms with Crippen LogP contribution in [0.15, 0.2) is 12.2 Å². The van der Waals surface area contributed by atoms with Gasteiger partial charge in [-0.15, -0.1) is 0 Å². The van der Waals surface area contributed by atoms with Crippen molar-refractivity contribution in [3.8, 4) is 0 Å². The van der Waals surface area contributed by atoms with Gasteiger partial charge in [0.15, 0.2) is 0 Å². The fourth-order valence-corrected chi connectivity index (χ4v) is 11.4. The minimum absolute atomic E-state index is 0.0424. The molecule has 0 aromatic heterocycles. The molecule has 5 aliphatic carbocycles. The van der Waals surface area contributed by atoms with Crippen LogP contribution in [0.5, 0.6) is 0 Å². The van der Waals surface area contributed by atoms with Crippen LogP contribution in [0.25, 0.3) is 0 Å². The zero-order chi connectivity index (χ0) is 23.8. The fraction of sp³-hybridized carbons (Fsp3) is 0.900. The van der Waals surface area contributed by atoms with Crippen LogP contribution in [-0.2, 0) is 9.53 Å². The van der Waals surface area contributed by atoms with E-state index in [0.29, 0.717) is 29.6 Å². The third-order valence-corrected chi connectivity index (χ3v) is 13.8. The number of carbonyl (C=O) groups is 1. The molecule has 6 aliphatic rings. The number of rotatable bonds is 0. The van der Waals surface area contributed by atoms with Gasteiger partial charge in [-0.25, -0.2) is 0 Å². The van der Waals surface area contributed by atoms with Crippen LogP contribution in [0, 0.1) is 56.7 Å². The summed E-state index contributed by atoms with van der Waals surface area (Å²) < 4.78 is 6.71. The van der Waals surface area contributed by atoms with Gasteiger partial charge in [0.25, 0.3) is 0 Å². The number of esters is 1. The van der Waals surface area contributed by atoms with E-state index in [1.54, 1.807) is 0 Å². The van der Waals surface area contributed by atoms with Crippen molar-refractivity contribution in [1.29, 1.82) is 0 Å². The Morgan fingerprint density at radius 2 is 1.67 bits per heavy atom. The first kappa shape index (κ1) is 22.6. The minimum atomic E-state index is -0.450. The smallest absolute Gasteiger partial charge is 0.313 e. The zero-order valence-electron chi connectivity index (χ0n) is 22.0. The van der Waals surface area contributed by atoms with Crippen LogP contribution in [0.4, 0.5) is 0 Å². The molecule has 3 nitrogen and oxygen atoms in total. The minimum Gasteiger partial charge on any atom is -0.453 e. The van der Waals surface area contributed by atoms with Crippen molar-refractivity contribution in [1.82, 2.24) is 0 Å². The highest BCUT2D eigenvalue weighted by atomic mass is 16.6. The van der Waals surface area contributed by atoms with Gasteiger partial charge in [0, 0.05) is 11.3 Å². The maximum atomic E-state index is 13.6. The van der Waals surface area contributed by atoms with E-state index in [1.807, 2.05) is 0 Å². The largest absolute Gasteiger partial charge is 0.453 e. The van der Waals surface area contributed by atoms with Gasteiger partial charge >= 0.3 is 5.97 Å². The molecule has 0 radical (unpaired) electrons. The Balaban J connectivity index is 1.52. The second-order valence-corrected chi connectivity index (χ2v) is 14.8. The Labute approximate surface area is 201 Å². The fourth-order valence-electron chi connectivity index (χ4n) is 11.4. The van der Waals surface area contributed by atoms with Gasteiger partial charge in [-0.1, -0.05) is 54.5 Å². The molecule has 6 rings (SSSR count). The highest BCUT2D eigenvalue weighted by Crippen LogP contribution is 2.79. The molecule has 1 N–H and O–H groups in total. The first-order chi connectivity index (χ1) is 15.3. The molecule has 33 heavy (non-hydrogen) atoms. The van der Waals surface area contributed by atoms with Gasteiger partial charge in [0.2, 0.25) is 0 Å². The summed E-state index contributed by atoms with van der Waals surface area (Å²) in [6.45, 7) is 17.0. The lowest BCUT2D eigenvalue weighted by Gasteiger charge is -2.72. The molecule has 11 atom stereocenters. The quantitative estimate of drug-likeness (QED) is 0.334. The molecule has 2 bridgehead atoms. The Morgan fingerprint density at radius 1 is 0.939 bits per heavy atom. The number of ether oxygens (including phenoxy) is 1. The summed E-state index contributed by atoms with van der Waals surface area (Å²) in [5.41, 5.74) is -0.514. The standard InChI is InChI=1S/C30H46O3/c1-18-8-14-29-17-16-28(7)27(6)13-9-20-25(3,4)22(31)11-12-26(20,5)21(27)10-15-30(28,33-24(29)32)23(29)19(18)2/h10,15,18-23,31H,8-9,11-14,16-17H2,1-7H3/t18-,19+,20?,21?,22+,23?,26+,27-,28+,29+,30+/m1/s1. The normalized spacial score (nSPS) is 60.8. The first-order valence-corrected chi connectivity index (χ1v) is 13.9. The van der Waals surface area contributed by atoms with Crippen LogP contribution < -0.4 is 0 Å². The number of fused-ring (bicyclic) bond motifs is 4. The predicted octanol–water partition coefficient (Wildman–Crippen LogP) is 6.54. The van der Waals surface area contributed by atoms with Crippen molar-refractivity contribution in [3.05, 3.63) is 12.2 Å². The number of aliphatic hydroxyl groups is 1. The number of aliphatic hydroxyl groups excluding tert-OH is 1. The summed E-state index contributed by atoms with van der Waals surface area (Å²) in [5, 5.41) is 10.9. The average Bonchev–Trinajstić information content (AvgIpc) is 2.95. The van der Waals surface area contributed by atoms with E-state index >= 15 is 0 Å². The van der Waals surface area contributed by atoms with E-state index in [0.717, 1.165) is 44.9 Å². The van der Waals surface area contributed by atoms with E-state index in [1.165, 1.54) is 6.42 Å². The van der Waals surface area contributed by atoms with Gasteiger partial charge in [-0.3, -0.25) is 4.79 Å². The SMILES string of the molecule is C[C@@H]1CC[C@@]23CC[C@]4(C)[C@@](C=CC5[C@@]6(C)CC[C@H](O)C(C)(C)C6CC[C@]54C)(OC2=O)C3[C@H]1C. The zero-order valence-corrected chi connectivity index (χ0v) is 22.0. The Kier molecular flexibility index (Phi) is 4.31. The maximum Gasteiger partial charge on any atom is 0.313 e. The van der Waals surface area contributed by atoms with Crippen LogP contribution in [-0.4, -0.2) is 22.8 Å². The lowest BCUT2D eigenvalue weighted by atomic mass is 9.32. The van der Waals surface area contributed by atoms with Crippen molar-refractivity contribution in [2.75, 3.05) is 0 Å². The number of hydrogen-bond acceptors (Lipinski definition) is 3. The van der Waals surface area contributed by atoms with Crippen molar-refractivity contribution in [2.45, 2.75) is 112 Å². The summed E-state index contributed by atoms with van der Waals surface area (Å²) in [4.78, 5) is 13.6. The average molecular weight is 455 g/mol. The van der Waals surface area contributed by atoms with E-state index in [4.69, 9.17) is 4.74 Å². The summed E-state index contributed by atoms with van der Waals surface area (Å²) in [6.07, 6.45) is 13.4. The molecule has 1 spiro atoms. The van der Waals surface area contributed by atoms with Crippen molar-refractivity contribution in [3.63, 3.8) is 0 Å². The lowest BCUT2D eigenvalue weighted by Crippen LogP contribution is -2.71. The molecule has 4 saturated carbocycles. The second kappa shape index (κ2) is 6.29. The third-order valence-electron chi connectivity index (χ3n) is 13.8. The van der Waals surface area contributed by atoms with Gasteiger partial charge in [-0.05, 0) is 97.4 Å². The number of hydrogen-bond donors (Lipinski definition) is 1. The van der Waals surface area contributed by atoms with Gasteiger partial charge in [0.05, 0.1) is 11.5 Å². The van der Waals surface area contributed by atoms with Crippen LogP contribution in [0.1, 0.15) is 99.8 Å². The van der Waals surface area contributed by atoms with E-state index in [-0.39, 0.29) is 39.1 Å². The van der Waals surface area contributed by atoms with Gasteiger partial charge in [0.1, 0.15) is 5.60 Å². The Morgan fingerprint density at radius 3 is 2.39 bits per heavy atom. The molecule has 3 heteroatoms. The molecule has 0 aromatic carbocycles. The molecule has 1 aliphatic heterocycles. The summed E-state index contributed by atoms with van der Waals surface area (Å²) in [5.74, 6) is 2.56. The van der Waals surface area contributed by atoms with E-state index in [9.17, 15) is 9.90 Å². The second-order valence-electron chi connectivity index (χ2n) is 14.8. The maximum absolute atomic E-state index is 13.6. The summed E-state index contributed by atoms with van der Waals surface area (Å²) in [6, 6.07) is 0. The third kappa shape index (κ3) is 2.23. The molecule has 0 amide bonds. The summed E-state index contributed by atoms with van der Waals surface area (Å²) in [7, 11) is 0. The van der Waals surface area contributed by atoms with Gasteiger partial charge in [-0.2, -0.15) is 0 Å². The van der Waals surface area contributed by atoms with Crippen molar-refractivity contribution >= 4 is 5.97 Å². The van der Waals surface area contributed by atoms with Crippen LogP contribution >= 0.6 is 0 Å². The van der Waals surface area contributed by atoms with Crippen molar-refractivity contribution in [2.24, 2.45) is 56.7 Å². The molecule has 184 valence electrons. The van der Waals surface area contributed by atoms with E-state index < -0.39 is 5.60 Å². The van der Waals surface area contributed by atoms with Gasteiger partial charge < -0.3 is 9.84 Å². The molecular formula is C30H46O3. The highest BCUT2D eigenvalue weighted by molar-refractivity contribution is 5.82. The monoisotopic (exact) mass is 454 g/mol. The highest BCUT2D eigenvalue weighted by Gasteiger charge is 2.80. The predicted molar refractivity (Wildman–Crippen MR) is 130 cm³/mol. The lowest BCUT2D eigenvalue weighted by molar-refractivity contribution is -0.245. The molecule has 1 saturated heterocycles. The Hall–Kier alpha value is -0.830. The number of allylic oxidation sites excluding steroid dienone is 1. The molecular weight excluding hydrogens is 408 g/mol. The van der Waals surface area contributed by atoms with Crippen molar-refractivity contribution < 1.29 is 14.6 Å². The van der Waals surface area contributed by atoms with E-state index in [2.05, 4.69) is 60.6 Å². The topological polar surface area (TPSA) is 46.5 Å². The number of carbonyl (C=O) groups excluding carboxylic acids is 1.